The quantitative estimate of drug-likeness (QED) is 0.711. The third kappa shape index (κ3) is 4.17. The molecular formula is C14H13FINO2S. The predicted molar refractivity (Wildman–Crippen MR) is 85.9 cm³/mol. The lowest BCUT2D eigenvalue weighted by atomic mass is 10.3. The fourth-order valence-electron chi connectivity index (χ4n) is 1.58. The van der Waals surface area contributed by atoms with Gasteiger partial charge in [-0.15, -0.1) is 11.3 Å². The summed E-state index contributed by atoms with van der Waals surface area (Å²) in [5.41, 5.74) is 0.698. The fraction of sp³-hybridized carbons (Fsp3) is 0.214. The molecule has 0 aliphatic carbocycles. The van der Waals surface area contributed by atoms with E-state index in [4.69, 9.17) is 4.74 Å². The Morgan fingerprint density at radius 2 is 2.10 bits per heavy atom. The Bertz CT molecular complexity index is 585. The van der Waals surface area contributed by atoms with E-state index < -0.39 is 0 Å². The molecule has 0 fully saturated rings. The van der Waals surface area contributed by atoms with E-state index in [2.05, 4.69) is 22.6 Å². The number of ether oxygens (including phenoxy) is 1. The maximum atomic E-state index is 12.7. The Morgan fingerprint density at radius 1 is 1.40 bits per heavy atom. The first-order valence-corrected chi connectivity index (χ1v) is 7.90. The highest BCUT2D eigenvalue weighted by atomic mass is 127. The third-order valence-corrected chi connectivity index (χ3v) is 4.46. The third-order valence-electron chi connectivity index (χ3n) is 2.67. The van der Waals surface area contributed by atoms with Crippen LogP contribution in [0.25, 0.3) is 0 Å². The van der Waals surface area contributed by atoms with Crippen molar-refractivity contribution in [3.05, 3.63) is 50.0 Å². The lowest BCUT2D eigenvalue weighted by Crippen LogP contribution is -2.30. The second-order valence-corrected chi connectivity index (χ2v) is 6.97. The second kappa shape index (κ2) is 7.03. The van der Waals surface area contributed by atoms with Crippen molar-refractivity contribution in [2.24, 2.45) is 0 Å². The minimum absolute atomic E-state index is 0.0214. The molecule has 2 aromatic rings. The molecule has 0 N–H and O–H groups in total. The highest BCUT2D eigenvalue weighted by Gasteiger charge is 2.13. The summed E-state index contributed by atoms with van der Waals surface area (Å²) in [7, 11) is 1.74. The van der Waals surface area contributed by atoms with Gasteiger partial charge in [0, 0.05) is 12.4 Å². The van der Waals surface area contributed by atoms with Gasteiger partial charge in [-0.05, 0) is 52.9 Å². The Balaban J connectivity index is 1.81. The molecule has 1 aromatic heterocycles. The van der Waals surface area contributed by atoms with E-state index in [9.17, 15) is 9.18 Å². The molecule has 0 radical (unpaired) electrons. The van der Waals surface area contributed by atoms with Crippen molar-refractivity contribution in [1.82, 2.24) is 4.90 Å². The Morgan fingerprint density at radius 3 is 2.70 bits per heavy atom. The molecule has 0 aliphatic heterocycles. The zero-order valence-corrected chi connectivity index (χ0v) is 13.8. The first-order chi connectivity index (χ1) is 9.56. The Labute approximate surface area is 134 Å². The summed E-state index contributed by atoms with van der Waals surface area (Å²) < 4.78 is 19.3. The highest BCUT2D eigenvalue weighted by molar-refractivity contribution is 14.1. The van der Waals surface area contributed by atoms with Crippen molar-refractivity contribution in [3.63, 3.8) is 0 Å². The molecule has 3 nitrogen and oxygen atoms in total. The van der Waals surface area contributed by atoms with E-state index >= 15 is 0 Å². The van der Waals surface area contributed by atoms with E-state index in [0.717, 1.165) is 2.88 Å². The Kier molecular flexibility index (Phi) is 5.36. The summed E-state index contributed by atoms with van der Waals surface area (Å²) >= 11 is 3.73. The van der Waals surface area contributed by atoms with Crippen LogP contribution in [0.4, 0.5) is 4.39 Å². The summed E-state index contributed by atoms with van der Waals surface area (Å²) in [6.45, 7) is 0.845. The van der Waals surface area contributed by atoms with E-state index in [1.807, 2.05) is 11.4 Å². The van der Waals surface area contributed by atoms with Crippen LogP contribution in [0.3, 0.4) is 0 Å². The van der Waals surface area contributed by atoms with Crippen molar-refractivity contribution < 1.29 is 13.9 Å². The predicted octanol–water partition coefficient (Wildman–Crippen LogP) is 3.64. The zero-order chi connectivity index (χ0) is 14.5. The molecule has 1 aromatic carbocycles. The number of carbonyl (C=O) groups is 1. The van der Waals surface area contributed by atoms with Crippen LogP contribution in [-0.2, 0) is 0 Å². The number of thiophene rings is 1. The number of hydrogen-bond acceptors (Lipinski definition) is 3. The maximum Gasteiger partial charge on any atom is 0.254 e. The van der Waals surface area contributed by atoms with Crippen LogP contribution >= 0.6 is 33.9 Å². The van der Waals surface area contributed by atoms with Gasteiger partial charge in [0.2, 0.25) is 0 Å². The molecule has 0 spiro atoms. The summed E-state index contributed by atoms with van der Waals surface area (Å²) in [5.74, 6) is 0.279. The van der Waals surface area contributed by atoms with Gasteiger partial charge in [-0.3, -0.25) is 4.79 Å². The van der Waals surface area contributed by atoms with Gasteiger partial charge in [0.05, 0.1) is 15.0 Å². The van der Waals surface area contributed by atoms with Gasteiger partial charge >= 0.3 is 0 Å². The van der Waals surface area contributed by atoms with Gasteiger partial charge in [0.25, 0.3) is 5.91 Å². The Hall–Kier alpha value is -1.15. The number of carbonyl (C=O) groups excluding carboxylic acids is 1. The topological polar surface area (TPSA) is 29.5 Å². The number of amides is 1. The average molecular weight is 405 g/mol. The van der Waals surface area contributed by atoms with Crippen molar-refractivity contribution >= 4 is 39.8 Å². The number of rotatable bonds is 5. The van der Waals surface area contributed by atoms with Gasteiger partial charge in [0.1, 0.15) is 18.2 Å². The molecule has 0 bridgehead atoms. The molecule has 106 valence electrons. The molecule has 2 rings (SSSR count). The minimum atomic E-state index is -0.295. The molecule has 0 aliphatic rings. The molecular weight excluding hydrogens is 392 g/mol. The maximum absolute atomic E-state index is 12.7. The van der Waals surface area contributed by atoms with Crippen LogP contribution in [0, 0.1) is 8.70 Å². The number of likely N-dealkylation sites (N-methyl/N-ethyl adjacent to an activating group) is 1. The van der Waals surface area contributed by atoms with Gasteiger partial charge < -0.3 is 9.64 Å². The van der Waals surface area contributed by atoms with Crippen LogP contribution in [0.15, 0.2) is 35.7 Å². The lowest BCUT2D eigenvalue weighted by Gasteiger charge is -2.16. The van der Waals surface area contributed by atoms with Gasteiger partial charge in [0.15, 0.2) is 0 Å². The van der Waals surface area contributed by atoms with Crippen molar-refractivity contribution in [3.8, 4) is 5.75 Å². The van der Waals surface area contributed by atoms with Crippen molar-refractivity contribution in [2.75, 3.05) is 20.2 Å². The molecule has 1 heterocycles. The number of halogens is 2. The summed E-state index contributed by atoms with van der Waals surface area (Å²) in [5, 5.41) is 1.85. The van der Waals surface area contributed by atoms with Crippen LogP contribution in [0.2, 0.25) is 0 Å². The number of nitrogens with zero attached hydrogens (tertiary/aromatic N) is 1. The van der Waals surface area contributed by atoms with Crippen LogP contribution in [0.1, 0.15) is 10.4 Å². The van der Waals surface area contributed by atoms with E-state index in [1.54, 1.807) is 35.4 Å². The van der Waals surface area contributed by atoms with Gasteiger partial charge in [-0.2, -0.15) is 0 Å². The second-order valence-electron chi connectivity index (χ2n) is 4.17. The summed E-state index contributed by atoms with van der Waals surface area (Å²) in [6, 6.07) is 7.69. The lowest BCUT2D eigenvalue weighted by molar-refractivity contribution is 0.0774. The first-order valence-electron chi connectivity index (χ1n) is 5.94. The van der Waals surface area contributed by atoms with Crippen molar-refractivity contribution in [1.29, 1.82) is 0 Å². The molecule has 0 saturated carbocycles. The van der Waals surface area contributed by atoms with Crippen LogP contribution in [-0.4, -0.2) is 31.0 Å². The zero-order valence-electron chi connectivity index (χ0n) is 10.8. The minimum Gasteiger partial charge on any atom is -0.492 e. The van der Waals surface area contributed by atoms with Crippen LogP contribution < -0.4 is 4.74 Å². The molecule has 1 amide bonds. The number of benzene rings is 1. The SMILES string of the molecule is CN(CCOc1ccc(F)cc1)C(=O)c1csc(I)c1. The van der Waals surface area contributed by atoms with E-state index in [-0.39, 0.29) is 11.7 Å². The van der Waals surface area contributed by atoms with Gasteiger partial charge in [-0.25, -0.2) is 4.39 Å². The standard InChI is InChI=1S/C14H13FINO2S/c1-17(14(18)10-8-13(16)20-9-10)6-7-19-12-4-2-11(15)3-5-12/h2-5,8-9H,6-7H2,1H3. The molecule has 0 saturated heterocycles. The summed E-state index contributed by atoms with van der Waals surface area (Å²) in [6.07, 6.45) is 0. The highest BCUT2D eigenvalue weighted by Crippen LogP contribution is 2.17. The van der Waals surface area contributed by atoms with Crippen LogP contribution in [0.5, 0.6) is 5.75 Å². The number of hydrogen-bond donors (Lipinski definition) is 0. The smallest absolute Gasteiger partial charge is 0.254 e. The molecule has 0 atom stereocenters. The summed E-state index contributed by atoms with van der Waals surface area (Å²) in [4.78, 5) is 13.7. The normalized spacial score (nSPS) is 10.3. The van der Waals surface area contributed by atoms with Gasteiger partial charge in [-0.1, -0.05) is 0 Å². The average Bonchev–Trinajstić information content (AvgIpc) is 2.86. The molecule has 6 heteroatoms. The molecule has 20 heavy (non-hydrogen) atoms. The van der Waals surface area contributed by atoms with Crippen molar-refractivity contribution in [2.45, 2.75) is 0 Å². The molecule has 0 unspecified atom stereocenters. The first kappa shape index (κ1) is 15.2. The fourth-order valence-corrected chi connectivity index (χ4v) is 2.90. The van der Waals surface area contributed by atoms with E-state index in [1.165, 1.54) is 12.1 Å². The van der Waals surface area contributed by atoms with E-state index in [0.29, 0.717) is 24.5 Å². The largest absolute Gasteiger partial charge is 0.492 e. The monoisotopic (exact) mass is 405 g/mol.